The molecule has 2 aromatic heterocycles. The van der Waals surface area contributed by atoms with Crippen LogP contribution in [0.4, 0.5) is 0 Å². The molecular formula is C20H19BrClN3O3. The molecule has 0 radical (unpaired) electrons. The summed E-state index contributed by atoms with van der Waals surface area (Å²) in [4.78, 5) is 28.0. The largest absolute Gasteiger partial charge is 0.476 e. The number of hydrogen-bond donors (Lipinski definition) is 1. The van der Waals surface area contributed by atoms with Crippen LogP contribution in [0.25, 0.3) is 0 Å². The summed E-state index contributed by atoms with van der Waals surface area (Å²) in [5, 5.41) is 10.3. The van der Waals surface area contributed by atoms with Crippen molar-refractivity contribution in [3.8, 4) is 0 Å². The van der Waals surface area contributed by atoms with Crippen molar-refractivity contribution >= 4 is 33.5 Å². The smallest absolute Gasteiger partial charge is 0.356 e. The third-order valence-corrected chi connectivity index (χ3v) is 5.71. The van der Waals surface area contributed by atoms with Crippen LogP contribution >= 0.6 is 27.5 Å². The van der Waals surface area contributed by atoms with Gasteiger partial charge in [0.2, 0.25) is 0 Å². The van der Waals surface area contributed by atoms with Crippen LogP contribution in [0.1, 0.15) is 38.8 Å². The highest BCUT2D eigenvalue weighted by Crippen LogP contribution is 2.33. The van der Waals surface area contributed by atoms with Gasteiger partial charge < -0.3 is 14.2 Å². The average molecular weight is 465 g/mol. The van der Waals surface area contributed by atoms with Gasteiger partial charge in [0.25, 0.3) is 5.56 Å². The van der Waals surface area contributed by atoms with Gasteiger partial charge >= 0.3 is 5.97 Å². The minimum absolute atomic E-state index is 0.00383. The van der Waals surface area contributed by atoms with Crippen molar-refractivity contribution < 1.29 is 9.90 Å². The Hall–Kier alpha value is -2.38. The minimum Gasteiger partial charge on any atom is -0.476 e. The normalized spacial score (nSPS) is 12.2. The van der Waals surface area contributed by atoms with Crippen molar-refractivity contribution in [1.82, 2.24) is 14.1 Å². The molecular weight excluding hydrogens is 446 g/mol. The first-order chi connectivity index (χ1) is 13.2. The SMILES string of the molecule is Cc1cc(CC(c2ccc(Cl)cc2)c2c(C(=O)O)nc(Br)n2C)cn(C)c1=O. The molecule has 0 amide bonds. The number of imidazole rings is 1. The number of aromatic carboxylic acids is 1. The summed E-state index contributed by atoms with van der Waals surface area (Å²) in [6.45, 7) is 1.77. The zero-order valence-corrected chi connectivity index (χ0v) is 18.0. The number of aryl methyl sites for hydroxylation is 2. The molecule has 1 atom stereocenters. The van der Waals surface area contributed by atoms with Crippen LogP contribution in [-0.2, 0) is 20.5 Å². The van der Waals surface area contributed by atoms with Crippen molar-refractivity contribution in [2.75, 3.05) is 0 Å². The summed E-state index contributed by atoms with van der Waals surface area (Å²) in [6.07, 6.45) is 2.28. The van der Waals surface area contributed by atoms with Crippen LogP contribution in [0.3, 0.4) is 0 Å². The van der Waals surface area contributed by atoms with Gasteiger partial charge in [-0.1, -0.05) is 23.7 Å². The predicted molar refractivity (Wildman–Crippen MR) is 111 cm³/mol. The van der Waals surface area contributed by atoms with E-state index < -0.39 is 5.97 Å². The first kappa shape index (κ1) is 20.4. The Kier molecular flexibility index (Phi) is 5.76. The lowest BCUT2D eigenvalue weighted by molar-refractivity contribution is 0.0689. The van der Waals surface area contributed by atoms with E-state index in [4.69, 9.17) is 11.6 Å². The molecule has 0 saturated carbocycles. The quantitative estimate of drug-likeness (QED) is 0.621. The van der Waals surface area contributed by atoms with Gasteiger partial charge in [-0.15, -0.1) is 0 Å². The fourth-order valence-electron chi connectivity index (χ4n) is 3.42. The topological polar surface area (TPSA) is 77.1 Å². The fraction of sp³-hybridized carbons (Fsp3) is 0.250. The van der Waals surface area contributed by atoms with Gasteiger partial charge in [-0.3, -0.25) is 4.79 Å². The van der Waals surface area contributed by atoms with E-state index in [1.54, 1.807) is 48.5 Å². The number of carboxylic acids is 1. The second-order valence-corrected chi connectivity index (χ2v) is 7.88. The first-order valence-corrected chi connectivity index (χ1v) is 9.73. The Balaban J connectivity index is 2.18. The maximum atomic E-state index is 12.0. The van der Waals surface area contributed by atoms with Gasteiger partial charge in [0.15, 0.2) is 10.4 Å². The molecule has 0 aliphatic heterocycles. The Morgan fingerprint density at radius 2 is 1.93 bits per heavy atom. The zero-order valence-electron chi connectivity index (χ0n) is 15.6. The maximum absolute atomic E-state index is 12.0. The van der Waals surface area contributed by atoms with Gasteiger partial charge in [-0.05, 0) is 58.6 Å². The first-order valence-electron chi connectivity index (χ1n) is 8.56. The Morgan fingerprint density at radius 3 is 2.50 bits per heavy atom. The van der Waals surface area contributed by atoms with Crippen molar-refractivity contribution in [2.24, 2.45) is 14.1 Å². The molecule has 0 spiro atoms. The molecule has 0 saturated heterocycles. The third-order valence-electron chi connectivity index (χ3n) is 4.75. The van der Waals surface area contributed by atoms with Crippen LogP contribution in [0.2, 0.25) is 5.02 Å². The van der Waals surface area contributed by atoms with E-state index in [1.165, 1.54) is 0 Å². The number of hydrogen-bond acceptors (Lipinski definition) is 3. The molecule has 3 aromatic rings. The second-order valence-electron chi connectivity index (χ2n) is 6.73. The van der Waals surface area contributed by atoms with Crippen molar-refractivity contribution in [2.45, 2.75) is 19.3 Å². The zero-order chi connectivity index (χ0) is 20.6. The number of rotatable bonds is 5. The molecule has 0 fully saturated rings. The fourth-order valence-corrected chi connectivity index (χ4v) is 3.91. The average Bonchev–Trinajstić information content (AvgIpc) is 2.94. The van der Waals surface area contributed by atoms with Crippen LogP contribution < -0.4 is 5.56 Å². The van der Waals surface area contributed by atoms with E-state index in [2.05, 4.69) is 20.9 Å². The summed E-state index contributed by atoms with van der Waals surface area (Å²) in [5.41, 5.74) is 2.99. The summed E-state index contributed by atoms with van der Waals surface area (Å²) >= 11 is 9.37. The number of aromatic nitrogens is 3. The molecule has 0 aliphatic rings. The monoisotopic (exact) mass is 463 g/mol. The Bertz CT molecular complexity index is 1080. The number of nitrogens with zero attached hydrogens (tertiary/aromatic N) is 3. The van der Waals surface area contributed by atoms with Gasteiger partial charge in [0.05, 0.1) is 5.69 Å². The molecule has 1 unspecified atom stereocenters. The van der Waals surface area contributed by atoms with Crippen LogP contribution in [-0.4, -0.2) is 25.2 Å². The summed E-state index contributed by atoms with van der Waals surface area (Å²) in [5.74, 6) is -1.38. The number of carbonyl (C=O) groups is 1. The van der Waals surface area contributed by atoms with E-state index in [-0.39, 0.29) is 17.2 Å². The molecule has 8 heteroatoms. The second kappa shape index (κ2) is 7.93. The molecule has 0 aliphatic carbocycles. The lowest BCUT2D eigenvalue weighted by Crippen LogP contribution is -2.20. The molecule has 1 aromatic carbocycles. The predicted octanol–water partition coefficient (Wildman–Crippen LogP) is 3.92. The number of pyridine rings is 1. The van der Waals surface area contributed by atoms with E-state index in [1.807, 2.05) is 18.2 Å². The van der Waals surface area contributed by atoms with Crippen LogP contribution in [0.5, 0.6) is 0 Å². The molecule has 146 valence electrons. The highest BCUT2D eigenvalue weighted by atomic mass is 79.9. The van der Waals surface area contributed by atoms with E-state index >= 15 is 0 Å². The van der Waals surface area contributed by atoms with Gasteiger partial charge in [-0.2, -0.15) is 0 Å². The van der Waals surface area contributed by atoms with E-state index in [9.17, 15) is 14.7 Å². The highest BCUT2D eigenvalue weighted by molar-refractivity contribution is 9.10. The van der Waals surface area contributed by atoms with Crippen molar-refractivity contribution in [3.63, 3.8) is 0 Å². The number of halogens is 2. The van der Waals surface area contributed by atoms with E-state index in [0.29, 0.717) is 27.4 Å². The molecule has 6 nitrogen and oxygen atoms in total. The lowest BCUT2D eigenvalue weighted by Gasteiger charge is -2.20. The minimum atomic E-state index is -1.09. The number of carboxylic acid groups (broad SMARTS) is 1. The lowest BCUT2D eigenvalue weighted by atomic mass is 9.88. The molecule has 0 bridgehead atoms. The Morgan fingerprint density at radius 1 is 1.29 bits per heavy atom. The summed E-state index contributed by atoms with van der Waals surface area (Å²) in [7, 11) is 3.48. The third kappa shape index (κ3) is 3.91. The molecule has 1 N–H and O–H groups in total. The molecule has 28 heavy (non-hydrogen) atoms. The van der Waals surface area contributed by atoms with Gasteiger partial charge in [-0.25, -0.2) is 9.78 Å². The van der Waals surface area contributed by atoms with Crippen LogP contribution in [0.15, 0.2) is 46.1 Å². The summed E-state index contributed by atoms with van der Waals surface area (Å²) < 4.78 is 3.72. The standard InChI is InChI=1S/C20H19BrClN3O3/c1-11-8-12(10-24(2)18(11)26)9-15(13-4-6-14(22)7-5-13)17-16(19(27)28)23-20(21)25(17)3/h4-8,10,15H,9H2,1-3H3,(H,27,28). The van der Waals surface area contributed by atoms with Crippen molar-refractivity contribution in [3.05, 3.63) is 84.7 Å². The van der Waals surface area contributed by atoms with E-state index in [0.717, 1.165) is 11.1 Å². The maximum Gasteiger partial charge on any atom is 0.356 e. The van der Waals surface area contributed by atoms with Gasteiger partial charge in [0.1, 0.15) is 0 Å². The number of benzene rings is 1. The highest BCUT2D eigenvalue weighted by Gasteiger charge is 2.28. The van der Waals surface area contributed by atoms with Crippen molar-refractivity contribution in [1.29, 1.82) is 0 Å². The molecule has 2 heterocycles. The summed E-state index contributed by atoms with van der Waals surface area (Å²) in [6, 6.07) is 9.17. The van der Waals surface area contributed by atoms with Crippen LogP contribution in [0, 0.1) is 6.92 Å². The molecule has 3 rings (SSSR count). The van der Waals surface area contributed by atoms with Gasteiger partial charge in [0, 0.05) is 36.8 Å². The Labute approximate surface area is 175 Å².